The van der Waals surface area contributed by atoms with Crippen LogP contribution in [0.25, 0.3) is 11.3 Å². The van der Waals surface area contributed by atoms with Gasteiger partial charge in [-0.3, -0.25) is 0 Å². The summed E-state index contributed by atoms with van der Waals surface area (Å²) in [6.45, 7) is 0.130. The highest BCUT2D eigenvalue weighted by atomic mass is 32.2. The van der Waals surface area contributed by atoms with Gasteiger partial charge in [-0.15, -0.1) is 0 Å². The fraction of sp³-hybridized carbons (Fsp3) is 0.208. The van der Waals surface area contributed by atoms with Gasteiger partial charge in [0.15, 0.2) is 0 Å². The van der Waals surface area contributed by atoms with Gasteiger partial charge in [0.1, 0.15) is 5.75 Å². The number of hydrogen-bond acceptors (Lipinski definition) is 7. The molecule has 0 amide bonds. The molecule has 2 aromatic carbocycles. The molecule has 0 bridgehead atoms. The molecule has 37 heavy (non-hydrogen) atoms. The number of nitrogens with one attached hydrogen (secondary N) is 1. The monoisotopic (exact) mass is 532 g/mol. The summed E-state index contributed by atoms with van der Waals surface area (Å²) >= 11 is 0. The summed E-state index contributed by atoms with van der Waals surface area (Å²) < 4.78 is 73.3. The molecule has 0 aliphatic heterocycles. The molecule has 4 rings (SSSR count). The van der Waals surface area contributed by atoms with Crippen molar-refractivity contribution in [2.45, 2.75) is 17.6 Å². The summed E-state index contributed by atoms with van der Waals surface area (Å²) in [6, 6.07) is 11.4. The van der Waals surface area contributed by atoms with Crippen LogP contribution in [0.3, 0.4) is 0 Å². The van der Waals surface area contributed by atoms with E-state index in [1.165, 1.54) is 29.6 Å². The van der Waals surface area contributed by atoms with E-state index >= 15 is 0 Å². The van der Waals surface area contributed by atoms with Crippen molar-refractivity contribution in [2.75, 3.05) is 19.5 Å². The number of rotatable bonds is 8. The minimum atomic E-state index is -4.56. The Morgan fingerprint density at radius 2 is 1.73 bits per heavy atom. The Labute approximate surface area is 211 Å². The highest BCUT2D eigenvalue weighted by molar-refractivity contribution is 7.89. The second kappa shape index (κ2) is 10.2. The normalized spacial score (nSPS) is 12.1. The summed E-state index contributed by atoms with van der Waals surface area (Å²) in [5.41, 5.74) is 1.02. The largest absolute Gasteiger partial charge is 0.497 e. The van der Waals surface area contributed by atoms with Gasteiger partial charge < -0.3 is 14.6 Å². The molecule has 0 aliphatic carbocycles. The maximum absolute atomic E-state index is 13.4. The number of sulfonamides is 1. The zero-order valence-electron chi connectivity index (χ0n) is 20.1. The number of nitrogens with zero attached hydrogens (tertiary/aromatic N) is 5. The van der Waals surface area contributed by atoms with Gasteiger partial charge in [0.25, 0.3) is 0 Å². The van der Waals surface area contributed by atoms with Crippen molar-refractivity contribution in [3.8, 4) is 17.0 Å². The predicted molar refractivity (Wildman–Crippen MR) is 131 cm³/mol. The summed E-state index contributed by atoms with van der Waals surface area (Å²) in [5.74, 6) is 0.576. The van der Waals surface area contributed by atoms with Crippen LogP contribution < -0.4 is 10.1 Å². The van der Waals surface area contributed by atoms with Crippen LogP contribution in [0.4, 0.5) is 24.8 Å². The number of methoxy groups -OCH3 is 1. The van der Waals surface area contributed by atoms with Crippen LogP contribution >= 0.6 is 0 Å². The van der Waals surface area contributed by atoms with Gasteiger partial charge in [0, 0.05) is 44.8 Å². The molecule has 0 unspecified atom stereocenters. The fourth-order valence-corrected chi connectivity index (χ4v) is 4.65. The van der Waals surface area contributed by atoms with Gasteiger partial charge >= 0.3 is 6.18 Å². The Morgan fingerprint density at radius 3 is 2.30 bits per heavy atom. The van der Waals surface area contributed by atoms with Crippen molar-refractivity contribution in [1.29, 1.82) is 0 Å². The average Bonchev–Trinajstić information content (AvgIpc) is 3.30. The Bertz CT molecular complexity index is 1490. The molecule has 0 radical (unpaired) electrons. The number of imidazole rings is 1. The molecule has 4 aromatic rings. The fourth-order valence-electron chi connectivity index (χ4n) is 3.47. The van der Waals surface area contributed by atoms with Crippen LogP contribution in [0.15, 0.2) is 72.3 Å². The van der Waals surface area contributed by atoms with Gasteiger partial charge in [-0.1, -0.05) is 12.1 Å². The van der Waals surface area contributed by atoms with Crippen LogP contribution in [-0.4, -0.2) is 46.4 Å². The number of halogens is 3. The topological polar surface area (TPSA) is 102 Å². The van der Waals surface area contributed by atoms with Crippen LogP contribution in [0.1, 0.15) is 11.1 Å². The molecule has 0 spiro atoms. The summed E-state index contributed by atoms with van der Waals surface area (Å²) in [7, 11) is 0.874. The van der Waals surface area contributed by atoms with E-state index in [0.29, 0.717) is 35.1 Å². The van der Waals surface area contributed by atoms with Crippen LogP contribution in [0.5, 0.6) is 5.75 Å². The van der Waals surface area contributed by atoms with Gasteiger partial charge in [-0.2, -0.15) is 17.5 Å². The van der Waals surface area contributed by atoms with Gasteiger partial charge in [0.2, 0.25) is 16.0 Å². The minimum Gasteiger partial charge on any atom is -0.497 e. The number of benzene rings is 2. The predicted octanol–water partition coefficient (Wildman–Crippen LogP) is 4.47. The molecule has 2 aromatic heterocycles. The van der Waals surface area contributed by atoms with Crippen LogP contribution in [0.2, 0.25) is 0 Å². The smallest absolute Gasteiger partial charge is 0.419 e. The summed E-state index contributed by atoms with van der Waals surface area (Å²) in [5, 5.41) is 2.86. The van der Waals surface area contributed by atoms with Gasteiger partial charge in [-0.25, -0.2) is 23.4 Å². The Kier molecular flexibility index (Phi) is 7.18. The lowest BCUT2D eigenvalue weighted by atomic mass is 10.1. The van der Waals surface area contributed by atoms with Crippen LogP contribution in [0, 0.1) is 0 Å². The minimum absolute atomic E-state index is 0.0167. The highest BCUT2D eigenvalue weighted by Gasteiger charge is 2.31. The van der Waals surface area contributed by atoms with E-state index < -0.39 is 21.8 Å². The average molecular weight is 533 g/mol. The number of aromatic nitrogens is 4. The van der Waals surface area contributed by atoms with E-state index in [4.69, 9.17) is 4.74 Å². The van der Waals surface area contributed by atoms with Crippen molar-refractivity contribution in [3.63, 3.8) is 0 Å². The van der Waals surface area contributed by atoms with E-state index in [2.05, 4.69) is 20.3 Å². The Hall–Kier alpha value is -3.97. The zero-order valence-corrected chi connectivity index (χ0v) is 20.9. The van der Waals surface area contributed by atoms with E-state index in [9.17, 15) is 21.6 Å². The zero-order chi connectivity index (χ0) is 26.8. The molecule has 0 saturated heterocycles. The third-order valence-corrected chi connectivity index (χ3v) is 7.27. The molecule has 13 heteroatoms. The maximum atomic E-state index is 13.4. The first-order chi connectivity index (χ1) is 17.5. The first-order valence-corrected chi connectivity index (χ1v) is 12.3. The lowest BCUT2D eigenvalue weighted by Crippen LogP contribution is -2.26. The quantitative estimate of drug-likeness (QED) is 0.357. The van der Waals surface area contributed by atoms with E-state index in [0.717, 1.165) is 5.56 Å². The molecule has 194 valence electrons. The molecule has 1 N–H and O–H groups in total. The Balaban J connectivity index is 1.66. The molecule has 9 nitrogen and oxygen atoms in total. The molecule has 0 atom stereocenters. The number of ether oxygens (including phenoxy) is 1. The van der Waals surface area contributed by atoms with Gasteiger partial charge in [-0.05, 0) is 35.9 Å². The first-order valence-electron chi connectivity index (χ1n) is 10.9. The van der Waals surface area contributed by atoms with Crippen molar-refractivity contribution >= 4 is 21.7 Å². The van der Waals surface area contributed by atoms with Crippen molar-refractivity contribution in [3.05, 3.63) is 78.5 Å². The van der Waals surface area contributed by atoms with E-state index in [1.54, 1.807) is 55.5 Å². The summed E-state index contributed by atoms with van der Waals surface area (Å²) in [6.07, 6.45) is 0.00721. The van der Waals surface area contributed by atoms with E-state index in [-0.39, 0.29) is 17.4 Å². The number of anilines is 2. The molecule has 2 heterocycles. The molecule has 0 fully saturated rings. The molecular weight excluding hydrogens is 509 g/mol. The SMILES string of the molecule is COc1ccc(CN(C)S(=O)(=O)c2ccc(Nc3ncc(C(F)(F)F)cn3)c(-c3cn(C)cn3)c2)cc1. The van der Waals surface area contributed by atoms with Gasteiger partial charge in [0.05, 0.1) is 35.3 Å². The lowest BCUT2D eigenvalue weighted by Gasteiger charge is -2.19. The standard InChI is InChI=1S/C24H23F3N6O3S/c1-32-14-22(30-15-32)20-10-19(37(34,35)33(2)13-16-4-6-18(36-3)7-5-16)8-9-21(20)31-23-28-11-17(12-29-23)24(25,26)27/h4-12,14-15H,13H2,1-3H3,(H,28,29,31). The third-order valence-electron chi connectivity index (χ3n) is 5.47. The maximum Gasteiger partial charge on any atom is 0.419 e. The second-order valence-electron chi connectivity index (χ2n) is 8.16. The molecule has 0 aliphatic rings. The van der Waals surface area contributed by atoms with E-state index in [1.807, 2.05) is 0 Å². The highest BCUT2D eigenvalue weighted by Crippen LogP contribution is 2.33. The summed E-state index contributed by atoms with van der Waals surface area (Å²) in [4.78, 5) is 11.8. The van der Waals surface area contributed by atoms with Crippen LogP contribution in [-0.2, 0) is 29.8 Å². The molecule has 0 saturated carbocycles. The number of aryl methyl sites for hydroxylation is 1. The second-order valence-corrected chi connectivity index (χ2v) is 10.2. The Morgan fingerprint density at radius 1 is 1.05 bits per heavy atom. The first kappa shape index (κ1) is 26.1. The van der Waals surface area contributed by atoms with Crippen molar-refractivity contribution < 1.29 is 26.3 Å². The van der Waals surface area contributed by atoms with Crippen molar-refractivity contribution in [1.82, 2.24) is 23.8 Å². The number of hydrogen-bond donors (Lipinski definition) is 1. The lowest BCUT2D eigenvalue weighted by molar-refractivity contribution is -0.138. The number of alkyl halides is 3. The van der Waals surface area contributed by atoms with Crippen molar-refractivity contribution in [2.24, 2.45) is 7.05 Å². The third kappa shape index (κ3) is 5.89. The molecular formula is C24H23F3N6O3S.